The van der Waals surface area contributed by atoms with Gasteiger partial charge in [0.2, 0.25) is 0 Å². The zero-order valence-corrected chi connectivity index (χ0v) is 16.0. The highest BCUT2D eigenvalue weighted by atomic mass is 35.5. The monoisotopic (exact) mass is 396 g/mol. The van der Waals surface area contributed by atoms with Crippen LogP contribution in [0.25, 0.3) is 0 Å². The predicted octanol–water partition coefficient (Wildman–Crippen LogP) is 1.31. The van der Waals surface area contributed by atoms with E-state index in [1.807, 2.05) is 0 Å². The van der Waals surface area contributed by atoms with E-state index in [1.165, 1.54) is 19.2 Å². The second-order valence-electron chi connectivity index (χ2n) is 6.67. The maximum atomic E-state index is 12.8. The second-order valence-corrected chi connectivity index (χ2v) is 8.27. The molecule has 9 heteroatoms. The van der Waals surface area contributed by atoms with Gasteiger partial charge in [0.1, 0.15) is 11.5 Å². The van der Waals surface area contributed by atoms with Crippen molar-refractivity contribution in [2.45, 2.75) is 36.2 Å². The largest absolute Gasteiger partial charge is 0.467 e. The van der Waals surface area contributed by atoms with E-state index >= 15 is 0 Å². The van der Waals surface area contributed by atoms with Gasteiger partial charge in [0.05, 0.1) is 18.2 Å². The lowest BCUT2D eigenvalue weighted by Crippen LogP contribution is -2.75. The minimum absolute atomic E-state index is 0.228. The number of carbonyl (C=O) groups is 4. The number of nitrogens with zero attached hydrogens (tertiary/aromatic N) is 2. The number of halogens is 1. The number of methoxy groups -OCH3 is 1. The molecule has 0 aromatic heterocycles. The summed E-state index contributed by atoms with van der Waals surface area (Å²) in [5.74, 6) is -2.43. The van der Waals surface area contributed by atoms with Crippen molar-refractivity contribution in [1.82, 2.24) is 9.80 Å². The van der Waals surface area contributed by atoms with Gasteiger partial charge in [-0.05, 0) is 26.0 Å². The molecular weight excluding hydrogens is 380 g/mol. The van der Waals surface area contributed by atoms with Gasteiger partial charge in [-0.2, -0.15) is 12.6 Å². The zero-order valence-electron chi connectivity index (χ0n) is 14.3. The van der Waals surface area contributed by atoms with E-state index in [9.17, 15) is 19.2 Å². The summed E-state index contributed by atoms with van der Waals surface area (Å²) >= 11 is 10.7. The summed E-state index contributed by atoms with van der Waals surface area (Å²) in [4.78, 5) is 52.0. The smallest absolute Gasteiger partial charge is 0.330 e. The van der Waals surface area contributed by atoms with Crippen LogP contribution in [0.1, 0.15) is 34.6 Å². The van der Waals surface area contributed by atoms with Crippen LogP contribution in [0.2, 0.25) is 0 Å². The summed E-state index contributed by atoms with van der Waals surface area (Å²) in [6.07, 6.45) is 0. The van der Waals surface area contributed by atoms with E-state index in [-0.39, 0.29) is 11.1 Å². The highest BCUT2D eigenvalue weighted by Gasteiger charge is 2.60. The minimum atomic E-state index is -1.17. The van der Waals surface area contributed by atoms with Gasteiger partial charge in [-0.15, -0.1) is 0 Å². The third-order valence-corrected chi connectivity index (χ3v) is 5.20. The lowest BCUT2D eigenvalue weighted by molar-refractivity contribution is -0.167. The number of ether oxygens (including phenoxy) is 1. The summed E-state index contributed by atoms with van der Waals surface area (Å²) in [5.41, 5.74) is -0.599. The maximum Gasteiger partial charge on any atom is 0.330 e. The SMILES string of the molecule is COC(=O)C(N1C(=O)C(N2C(=O)c3ccccc3C2=O)C1Cl)C(C)(C)S. The molecule has 3 unspecified atom stereocenters. The van der Waals surface area contributed by atoms with Crippen LogP contribution >= 0.6 is 24.2 Å². The molecule has 2 heterocycles. The third-order valence-electron chi connectivity index (χ3n) is 4.51. The maximum absolute atomic E-state index is 12.8. The first-order valence-electron chi connectivity index (χ1n) is 7.84. The molecule has 3 amide bonds. The average molecular weight is 397 g/mol. The number of fused-ring (bicyclic) bond motifs is 1. The molecule has 1 fully saturated rings. The van der Waals surface area contributed by atoms with Gasteiger partial charge in [0.15, 0.2) is 6.04 Å². The highest BCUT2D eigenvalue weighted by molar-refractivity contribution is 7.81. The normalized spacial score (nSPS) is 23.7. The first-order valence-corrected chi connectivity index (χ1v) is 8.73. The number of rotatable bonds is 4. The first-order chi connectivity index (χ1) is 12.1. The summed E-state index contributed by atoms with van der Waals surface area (Å²) in [5, 5.41) is 0. The van der Waals surface area contributed by atoms with E-state index in [0.717, 1.165) is 9.80 Å². The Kier molecular flexibility index (Phi) is 4.52. The molecule has 1 aromatic rings. The molecule has 7 nitrogen and oxygen atoms in total. The van der Waals surface area contributed by atoms with E-state index in [2.05, 4.69) is 12.6 Å². The van der Waals surface area contributed by atoms with Crippen molar-refractivity contribution in [3.05, 3.63) is 35.4 Å². The Morgan fingerprint density at radius 1 is 1.19 bits per heavy atom. The number of carbonyl (C=O) groups excluding carboxylic acids is 4. The van der Waals surface area contributed by atoms with Crippen LogP contribution < -0.4 is 0 Å². The van der Waals surface area contributed by atoms with Gasteiger partial charge in [0, 0.05) is 4.75 Å². The van der Waals surface area contributed by atoms with Crippen LogP contribution in [0.15, 0.2) is 24.3 Å². The molecule has 26 heavy (non-hydrogen) atoms. The Labute approximate surface area is 160 Å². The van der Waals surface area contributed by atoms with Crippen molar-refractivity contribution >= 4 is 47.9 Å². The first kappa shape index (κ1) is 18.7. The molecule has 3 rings (SSSR count). The van der Waals surface area contributed by atoms with Crippen molar-refractivity contribution < 1.29 is 23.9 Å². The van der Waals surface area contributed by atoms with Crippen LogP contribution in [0, 0.1) is 0 Å². The zero-order chi connectivity index (χ0) is 19.4. The number of hydrogen-bond donors (Lipinski definition) is 1. The fourth-order valence-electron chi connectivity index (χ4n) is 3.28. The Morgan fingerprint density at radius 3 is 2.08 bits per heavy atom. The Morgan fingerprint density at radius 2 is 1.69 bits per heavy atom. The fraction of sp³-hybridized carbons (Fsp3) is 0.412. The number of imide groups is 1. The van der Waals surface area contributed by atoms with Crippen LogP contribution in [0.4, 0.5) is 0 Å². The van der Waals surface area contributed by atoms with Crippen LogP contribution in [-0.2, 0) is 14.3 Å². The molecule has 0 radical (unpaired) electrons. The van der Waals surface area contributed by atoms with Gasteiger partial charge >= 0.3 is 5.97 Å². The van der Waals surface area contributed by atoms with Crippen LogP contribution in [-0.4, -0.2) is 62.9 Å². The number of alkyl halides is 1. The number of β-lactam (4-membered cyclic amide) rings is 1. The van der Waals surface area contributed by atoms with Crippen molar-refractivity contribution in [1.29, 1.82) is 0 Å². The van der Waals surface area contributed by atoms with Crippen molar-refractivity contribution in [2.75, 3.05) is 7.11 Å². The quantitative estimate of drug-likeness (QED) is 0.207. The van der Waals surface area contributed by atoms with E-state index in [4.69, 9.17) is 16.3 Å². The molecule has 0 N–H and O–H groups in total. The number of amides is 3. The number of hydrogen-bond acceptors (Lipinski definition) is 6. The molecule has 0 aliphatic carbocycles. The van der Waals surface area contributed by atoms with E-state index in [0.29, 0.717) is 0 Å². The molecule has 2 aliphatic rings. The van der Waals surface area contributed by atoms with Gasteiger partial charge in [-0.3, -0.25) is 19.3 Å². The Balaban J connectivity index is 1.90. The molecule has 0 bridgehead atoms. The highest BCUT2D eigenvalue weighted by Crippen LogP contribution is 2.39. The minimum Gasteiger partial charge on any atom is -0.467 e. The molecule has 138 valence electrons. The molecule has 1 saturated heterocycles. The van der Waals surface area contributed by atoms with Gasteiger partial charge in [-0.25, -0.2) is 4.79 Å². The number of thiol groups is 1. The van der Waals surface area contributed by atoms with Crippen LogP contribution in [0.3, 0.4) is 0 Å². The molecule has 3 atom stereocenters. The number of benzene rings is 1. The summed E-state index contributed by atoms with van der Waals surface area (Å²) in [7, 11) is 1.20. The van der Waals surface area contributed by atoms with E-state index in [1.54, 1.807) is 26.0 Å². The topological polar surface area (TPSA) is 84.0 Å². The van der Waals surface area contributed by atoms with Crippen molar-refractivity contribution in [2.24, 2.45) is 0 Å². The fourth-order valence-corrected chi connectivity index (χ4v) is 3.94. The van der Waals surface area contributed by atoms with E-state index < -0.39 is 46.0 Å². The summed E-state index contributed by atoms with van der Waals surface area (Å²) in [6.45, 7) is 3.29. The van der Waals surface area contributed by atoms with Gasteiger partial charge in [0.25, 0.3) is 17.7 Å². The average Bonchev–Trinajstić information content (AvgIpc) is 2.83. The third kappa shape index (κ3) is 2.59. The molecular formula is C17H17ClN2O5S. The van der Waals surface area contributed by atoms with Crippen molar-refractivity contribution in [3.8, 4) is 0 Å². The summed E-state index contributed by atoms with van der Waals surface area (Å²) < 4.78 is 3.82. The van der Waals surface area contributed by atoms with Crippen molar-refractivity contribution in [3.63, 3.8) is 0 Å². The number of likely N-dealkylation sites (tertiary alicyclic amines) is 1. The number of esters is 1. The Hall–Kier alpha value is -2.06. The molecule has 0 saturated carbocycles. The molecule has 0 spiro atoms. The van der Waals surface area contributed by atoms with Gasteiger partial charge in [-0.1, -0.05) is 23.7 Å². The van der Waals surface area contributed by atoms with Gasteiger partial charge < -0.3 is 9.64 Å². The molecule has 1 aromatic carbocycles. The summed E-state index contributed by atoms with van der Waals surface area (Å²) in [6, 6.07) is 4.08. The van der Waals surface area contributed by atoms with Crippen LogP contribution in [0.5, 0.6) is 0 Å². The molecule has 2 aliphatic heterocycles. The lowest BCUT2D eigenvalue weighted by Gasteiger charge is -2.51. The lowest BCUT2D eigenvalue weighted by atomic mass is 9.94. The second kappa shape index (κ2) is 6.28. The predicted molar refractivity (Wildman–Crippen MR) is 96.1 cm³/mol. The Bertz CT molecular complexity index is 787. The standard InChI is InChI=1S/C17H17ClN2O5S/c1-17(2,26)11(16(24)25-3)20-12(18)10(15(20)23)19-13(21)8-6-4-5-7-9(8)14(19)22/h4-7,10-12,26H,1-3H3.